The number of guanidine groups is 1. The molecule has 0 aromatic carbocycles. The lowest BCUT2D eigenvalue weighted by Gasteiger charge is -2.11. The molecule has 0 aliphatic heterocycles. The van der Waals surface area contributed by atoms with Crippen molar-refractivity contribution < 1.29 is 14.6 Å². The van der Waals surface area contributed by atoms with Crippen molar-refractivity contribution in [3.63, 3.8) is 0 Å². The molecule has 0 aliphatic rings. The Balaban J connectivity index is 2.38. The number of rotatable bonds is 8. The van der Waals surface area contributed by atoms with Crippen molar-refractivity contribution in [2.24, 2.45) is 10.7 Å². The number of amides is 1. The van der Waals surface area contributed by atoms with Crippen LogP contribution in [0.5, 0.6) is 0 Å². The fraction of sp³-hybridized carbons (Fsp3) is 0.333. The first kappa shape index (κ1) is 17.0. The van der Waals surface area contributed by atoms with Gasteiger partial charge in [0.15, 0.2) is 5.03 Å². The van der Waals surface area contributed by atoms with E-state index in [4.69, 9.17) is 5.73 Å². The van der Waals surface area contributed by atoms with Crippen molar-refractivity contribution in [2.45, 2.75) is 18.9 Å². The van der Waals surface area contributed by atoms with E-state index in [0.29, 0.717) is 19.1 Å². The SMILES string of the molecule is NC(=NCCCC(C=O)NC(=O)c1ccccn1)N[N+](=O)[O-]. The Morgan fingerprint density at radius 3 is 2.91 bits per heavy atom. The fourth-order valence-corrected chi connectivity index (χ4v) is 1.55. The van der Waals surface area contributed by atoms with Gasteiger partial charge in [-0.25, -0.2) is 15.1 Å². The summed E-state index contributed by atoms with van der Waals surface area (Å²) in [6, 6.07) is 4.19. The third-order valence-electron chi connectivity index (χ3n) is 2.54. The second kappa shape index (κ2) is 9.00. The molecule has 1 unspecified atom stereocenters. The smallest absolute Gasteiger partial charge is 0.270 e. The summed E-state index contributed by atoms with van der Waals surface area (Å²) in [6.45, 7) is 0.191. The molecule has 4 N–H and O–H groups in total. The molecule has 10 nitrogen and oxygen atoms in total. The van der Waals surface area contributed by atoms with Crippen LogP contribution >= 0.6 is 0 Å². The highest BCUT2D eigenvalue weighted by atomic mass is 16.7. The number of hydrogen-bond acceptors (Lipinski definition) is 6. The van der Waals surface area contributed by atoms with Gasteiger partial charge in [-0.15, -0.1) is 0 Å². The molecule has 0 saturated carbocycles. The zero-order valence-electron chi connectivity index (χ0n) is 11.6. The average Bonchev–Trinajstić information content (AvgIpc) is 2.50. The van der Waals surface area contributed by atoms with Crippen LogP contribution in [-0.4, -0.2) is 40.8 Å². The number of aliphatic imine (C=N–C) groups is 1. The molecule has 22 heavy (non-hydrogen) atoms. The van der Waals surface area contributed by atoms with Crippen molar-refractivity contribution in [1.82, 2.24) is 15.7 Å². The Morgan fingerprint density at radius 1 is 1.55 bits per heavy atom. The highest BCUT2D eigenvalue weighted by molar-refractivity contribution is 5.93. The molecule has 1 amide bonds. The minimum atomic E-state index is -0.819. The predicted molar refractivity (Wildman–Crippen MR) is 77.4 cm³/mol. The van der Waals surface area contributed by atoms with Crippen LogP contribution in [0.3, 0.4) is 0 Å². The van der Waals surface area contributed by atoms with Crippen LogP contribution < -0.4 is 16.5 Å². The lowest BCUT2D eigenvalue weighted by atomic mass is 10.1. The summed E-state index contributed by atoms with van der Waals surface area (Å²) in [5.74, 6) is -0.763. The first-order valence-electron chi connectivity index (χ1n) is 6.41. The zero-order valence-corrected chi connectivity index (χ0v) is 11.6. The number of hydrogen-bond donors (Lipinski definition) is 3. The lowest BCUT2D eigenvalue weighted by Crippen LogP contribution is -2.37. The molecular weight excluding hydrogens is 292 g/mol. The molecule has 0 bridgehead atoms. The number of pyridine rings is 1. The summed E-state index contributed by atoms with van der Waals surface area (Å²) >= 11 is 0. The first-order valence-corrected chi connectivity index (χ1v) is 6.41. The number of nitro groups is 1. The van der Waals surface area contributed by atoms with Crippen molar-refractivity contribution >= 4 is 18.2 Å². The number of hydrazine groups is 1. The minimum Gasteiger partial charge on any atom is -0.365 e. The molecule has 0 fully saturated rings. The lowest BCUT2D eigenvalue weighted by molar-refractivity contribution is -0.525. The summed E-state index contributed by atoms with van der Waals surface area (Å²) in [6.07, 6.45) is 2.84. The number of carbonyl (C=O) groups is 2. The summed E-state index contributed by atoms with van der Waals surface area (Å²) in [4.78, 5) is 40.4. The van der Waals surface area contributed by atoms with Crippen LogP contribution in [0, 0.1) is 10.1 Å². The molecule has 0 saturated heterocycles. The van der Waals surface area contributed by atoms with Crippen LogP contribution in [0.15, 0.2) is 29.4 Å². The molecule has 0 spiro atoms. The molecule has 0 radical (unpaired) electrons. The van der Waals surface area contributed by atoms with E-state index in [9.17, 15) is 19.7 Å². The molecular formula is C12H16N6O4. The van der Waals surface area contributed by atoms with E-state index in [-0.39, 0.29) is 18.2 Å². The Hall–Kier alpha value is -3.04. The van der Waals surface area contributed by atoms with Crippen molar-refractivity contribution in [3.8, 4) is 0 Å². The Kier molecular flexibility index (Phi) is 6.96. The highest BCUT2D eigenvalue weighted by Crippen LogP contribution is 1.99. The van der Waals surface area contributed by atoms with Crippen LogP contribution in [0.2, 0.25) is 0 Å². The fourth-order valence-electron chi connectivity index (χ4n) is 1.55. The van der Waals surface area contributed by atoms with Gasteiger partial charge in [-0.2, -0.15) is 0 Å². The average molecular weight is 308 g/mol. The van der Waals surface area contributed by atoms with Gasteiger partial charge >= 0.3 is 0 Å². The molecule has 1 rings (SSSR count). The molecule has 1 heterocycles. The Bertz CT molecular complexity index is 548. The van der Waals surface area contributed by atoms with Gasteiger partial charge in [0.2, 0.25) is 0 Å². The van der Waals surface area contributed by atoms with Crippen LogP contribution in [0.1, 0.15) is 23.3 Å². The van der Waals surface area contributed by atoms with Crippen molar-refractivity contribution in [3.05, 3.63) is 40.2 Å². The van der Waals surface area contributed by atoms with E-state index in [1.807, 2.05) is 0 Å². The molecule has 1 atom stereocenters. The number of nitrogens with two attached hydrogens (primary N) is 1. The van der Waals surface area contributed by atoms with E-state index >= 15 is 0 Å². The van der Waals surface area contributed by atoms with Crippen molar-refractivity contribution in [1.29, 1.82) is 0 Å². The van der Waals surface area contributed by atoms with E-state index < -0.39 is 17.0 Å². The topological polar surface area (TPSA) is 153 Å². The number of nitrogens with zero attached hydrogens (tertiary/aromatic N) is 3. The van der Waals surface area contributed by atoms with E-state index in [2.05, 4.69) is 15.3 Å². The Labute approximate surface area is 125 Å². The van der Waals surface area contributed by atoms with E-state index in [1.54, 1.807) is 17.6 Å². The molecule has 10 heteroatoms. The van der Waals surface area contributed by atoms with Crippen LogP contribution in [-0.2, 0) is 4.79 Å². The maximum atomic E-state index is 11.8. The van der Waals surface area contributed by atoms with Gasteiger partial charge in [0, 0.05) is 12.7 Å². The van der Waals surface area contributed by atoms with Gasteiger partial charge in [-0.1, -0.05) is 11.5 Å². The largest absolute Gasteiger partial charge is 0.365 e. The van der Waals surface area contributed by atoms with Gasteiger partial charge in [-0.3, -0.25) is 9.78 Å². The number of aromatic nitrogens is 1. The van der Waals surface area contributed by atoms with E-state index in [0.717, 1.165) is 0 Å². The maximum Gasteiger partial charge on any atom is 0.270 e. The third kappa shape index (κ3) is 6.41. The van der Waals surface area contributed by atoms with Crippen molar-refractivity contribution in [2.75, 3.05) is 6.54 Å². The molecule has 118 valence electrons. The zero-order chi connectivity index (χ0) is 16.4. The van der Waals surface area contributed by atoms with Gasteiger partial charge in [0.05, 0.1) is 6.04 Å². The van der Waals surface area contributed by atoms with Gasteiger partial charge in [-0.05, 0) is 25.0 Å². The van der Waals surface area contributed by atoms with Gasteiger partial charge < -0.3 is 15.8 Å². The molecule has 1 aromatic rings. The molecule has 1 aromatic heterocycles. The number of aldehydes is 1. The quantitative estimate of drug-likeness (QED) is 0.143. The summed E-state index contributed by atoms with van der Waals surface area (Å²) in [7, 11) is 0. The second-order valence-electron chi connectivity index (χ2n) is 4.21. The summed E-state index contributed by atoms with van der Waals surface area (Å²) in [5.41, 5.74) is 7.15. The number of carbonyl (C=O) groups excluding carboxylic acids is 2. The first-order chi connectivity index (χ1) is 10.5. The minimum absolute atomic E-state index is 0.191. The van der Waals surface area contributed by atoms with E-state index in [1.165, 1.54) is 12.3 Å². The third-order valence-corrected chi connectivity index (χ3v) is 2.54. The molecule has 0 aliphatic carbocycles. The van der Waals surface area contributed by atoms with Crippen LogP contribution in [0.25, 0.3) is 0 Å². The monoisotopic (exact) mass is 308 g/mol. The maximum absolute atomic E-state index is 11.8. The summed E-state index contributed by atoms with van der Waals surface area (Å²) in [5, 5.41) is 11.8. The second-order valence-corrected chi connectivity index (χ2v) is 4.21. The Morgan fingerprint density at radius 2 is 2.32 bits per heavy atom. The predicted octanol–water partition coefficient (Wildman–Crippen LogP) is -0.745. The summed E-state index contributed by atoms with van der Waals surface area (Å²) < 4.78 is 0. The number of nitrogens with one attached hydrogen (secondary N) is 2. The van der Waals surface area contributed by atoms with Gasteiger partial charge in [0.25, 0.3) is 11.9 Å². The normalized spacial score (nSPS) is 12.3. The van der Waals surface area contributed by atoms with Crippen LogP contribution in [0.4, 0.5) is 0 Å². The van der Waals surface area contributed by atoms with Gasteiger partial charge in [0.1, 0.15) is 12.0 Å². The standard InChI is InChI=1S/C12H16N6O4/c13-12(17-18(21)22)15-7-3-4-9(8-19)16-11(20)10-5-1-2-6-14-10/h1-2,5-6,8-9H,3-4,7H2,(H,16,20)(H3,13,15,17). The highest BCUT2D eigenvalue weighted by Gasteiger charge is 2.13.